The largest absolute Gasteiger partial charge is 0.455 e. The quantitative estimate of drug-likeness (QED) is 0.616. The lowest BCUT2D eigenvalue weighted by molar-refractivity contribution is 0.0694. The zero-order valence-corrected chi connectivity index (χ0v) is 16.0. The number of hydrogen-bond acceptors (Lipinski definition) is 5. The van der Waals surface area contributed by atoms with E-state index >= 15 is 0 Å². The van der Waals surface area contributed by atoms with Crippen LogP contribution in [-0.4, -0.2) is 33.8 Å². The first-order valence-electron chi connectivity index (χ1n) is 9.28. The van der Waals surface area contributed by atoms with Gasteiger partial charge in [-0.2, -0.15) is 11.3 Å². The van der Waals surface area contributed by atoms with E-state index in [0.29, 0.717) is 18.8 Å². The number of carbonyl (C=O) groups is 1. The molecule has 27 heavy (non-hydrogen) atoms. The second-order valence-electron chi connectivity index (χ2n) is 6.90. The predicted molar refractivity (Wildman–Crippen MR) is 105 cm³/mol. The van der Waals surface area contributed by atoms with Gasteiger partial charge in [0.15, 0.2) is 5.76 Å². The van der Waals surface area contributed by atoms with Crippen LogP contribution in [0.3, 0.4) is 0 Å². The van der Waals surface area contributed by atoms with Crippen LogP contribution in [0.15, 0.2) is 57.9 Å². The number of rotatable bonds is 7. The first kappa shape index (κ1) is 17.9. The van der Waals surface area contributed by atoms with Crippen molar-refractivity contribution in [2.75, 3.05) is 13.1 Å². The van der Waals surface area contributed by atoms with Crippen LogP contribution in [0.5, 0.6) is 0 Å². The summed E-state index contributed by atoms with van der Waals surface area (Å²) >= 11 is 1.64. The van der Waals surface area contributed by atoms with E-state index in [4.69, 9.17) is 4.42 Å². The summed E-state index contributed by atoms with van der Waals surface area (Å²) in [5.41, 5.74) is 2.13. The Morgan fingerprint density at radius 3 is 2.74 bits per heavy atom. The van der Waals surface area contributed by atoms with Gasteiger partial charge in [-0.25, -0.2) is 0 Å². The lowest BCUT2D eigenvalue weighted by Crippen LogP contribution is -2.29. The highest BCUT2D eigenvalue weighted by Crippen LogP contribution is 2.19. The molecule has 4 rings (SSSR count). The van der Waals surface area contributed by atoms with Crippen LogP contribution in [0.25, 0.3) is 0 Å². The van der Waals surface area contributed by atoms with Crippen molar-refractivity contribution in [3.05, 3.63) is 76.1 Å². The highest BCUT2D eigenvalue weighted by molar-refractivity contribution is 7.07. The second kappa shape index (κ2) is 8.50. The van der Waals surface area contributed by atoms with Crippen molar-refractivity contribution in [1.29, 1.82) is 0 Å². The molecule has 3 aromatic heterocycles. The van der Waals surface area contributed by atoms with E-state index in [-0.39, 0.29) is 5.91 Å². The summed E-state index contributed by atoms with van der Waals surface area (Å²) in [6, 6.07) is 9.66. The lowest BCUT2D eigenvalue weighted by Gasteiger charge is -2.21. The minimum absolute atomic E-state index is 0.0854. The molecule has 1 fully saturated rings. The molecule has 140 valence electrons. The van der Waals surface area contributed by atoms with Gasteiger partial charge in [-0.15, -0.1) is 0 Å². The third-order valence-corrected chi connectivity index (χ3v) is 5.52. The molecule has 1 aliphatic heterocycles. The Balaban J connectivity index is 1.49. The summed E-state index contributed by atoms with van der Waals surface area (Å²) in [5.74, 6) is 1.18. The van der Waals surface area contributed by atoms with Gasteiger partial charge in [-0.3, -0.25) is 14.7 Å². The second-order valence-corrected chi connectivity index (χ2v) is 7.68. The van der Waals surface area contributed by atoms with Crippen molar-refractivity contribution < 1.29 is 9.21 Å². The fourth-order valence-corrected chi connectivity index (χ4v) is 4.07. The molecular formula is C21H23N3O2S. The molecule has 0 radical (unpaired) electrons. The van der Waals surface area contributed by atoms with Crippen LogP contribution < -0.4 is 0 Å². The molecule has 5 nitrogen and oxygen atoms in total. The molecule has 6 heteroatoms. The minimum atomic E-state index is -0.0854. The fourth-order valence-electron chi connectivity index (χ4n) is 3.41. The standard InChI is InChI=1S/C21H23N3O2S/c25-21(20-6-5-19(26-20)15-23-9-1-2-10-23)24(14-18-7-11-27-16-18)13-17-4-3-8-22-12-17/h3-8,11-12,16H,1-2,9-10,13-15H2. The number of likely N-dealkylation sites (tertiary alicyclic amines) is 1. The van der Waals surface area contributed by atoms with Crippen LogP contribution in [0.2, 0.25) is 0 Å². The number of pyridine rings is 1. The average molecular weight is 382 g/mol. The molecule has 0 N–H and O–H groups in total. The molecule has 0 bridgehead atoms. The summed E-state index contributed by atoms with van der Waals surface area (Å²) in [5, 5.41) is 4.10. The topological polar surface area (TPSA) is 49.6 Å². The van der Waals surface area contributed by atoms with E-state index < -0.39 is 0 Å². The summed E-state index contributed by atoms with van der Waals surface area (Å²) in [4.78, 5) is 21.5. The smallest absolute Gasteiger partial charge is 0.290 e. The molecule has 1 saturated heterocycles. The van der Waals surface area contributed by atoms with Crippen molar-refractivity contribution in [3.63, 3.8) is 0 Å². The SMILES string of the molecule is O=C(c1ccc(CN2CCCC2)o1)N(Cc1cccnc1)Cc1ccsc1. The maximum atomic E-state index is 13.1. The number of aromatic nitrogens is 1. The van der Waals surface area contributed by atoms with Crippen LogP contribution >= 0.6 is 11.3 Å². The number of thiophene rings is 1. The van der Waals surface area contributed by atoms with Crippen molar-refractivity contribution >= 4 is 17.2 Å². The summed E-state index contributed by atoms with van der Waals surface area (Å²) in [6.07, 6.45) is 6.03. The molecule has 0 atom stereocenters. The fraction of sp³-hybridized carbons (Fsp3) is 0.333. The van der Waals surface area contributed by atoms with Crippen LogP contribution in [0, 0.1) is 0 Å². The third-order valence-electron chi connectivity index (χ3n) is 4.79. The Morgan fingerprint density at radius 2 is 2.00 bits per heavy atom. The molecule has 0 saturated carbocycles. The zero-order valence-electron chi connectivity index (χ0n) is 15.2. The van der Waals surface area contributed by atoms with E-state index in [1.54, 1.807) is 29.8 Å². The summed E-state index contributed by atoms with van der Waals surface area (Å²) in [6.45, 7) is 4.05. The first-order valence-corrected chi connectivity index (χ1v) is 10.2. The molecule has 4 heterocycles. The van der Waals surface area contributed by atoms with E-state index in [2.05, 4.69) is 21.3 Å². The van der Waals surface area contributed by atoms with Crippen molar-refractivity contribution in [2.24, 2.45) is 0 Å². The number of amides is 1. The van der Waals surface area contributed by atoms with Gasteiger partial charge in [0.05, 0.1) is 6.54 Å². The number of hydrogen-bond donors (Lipinski definition) is 0. The monoisotopic (exact) mass is 381 g/mol. The Hall–Kier alpha value is -2.44. The summed E-state index contributed by atoms with van der Waals surface area (Å²) < 4.78 is 5.90. The predicted octanol–water partition coefficient (Wildman–Crippen LogP) is 4.17. The van der Waals surface area contributed by atoms with Gasteiger partial charge < -0.3 is 9.32 Å². The van der Waals surface area contributed by atoms with E-state index in [1.807, 2.05) is 28.5 Å². The van der Waals surface area contributed by atoms with Gasteiger partial charge in [-0.05, 0) is 72.1 Å². The normalized spacial score (nSPS) is 14.5. The molecule has 0 spiro atoms. The Labute approximate surface area is 163 Å². The minimum Gasteiger partial charge on any atom is -0.455 e. The van der Waals surface area contributed by atoms with Gasteiger partial charge in [0, 0.05) is 25.5 Å². The van der Waals surface area contributed by atoms with E-state index in [1.165, 1.54) is 12.8 Å². The number of nitrogens with zero attached hydrogens (tertiary/aromatic N) is 3. The molecular weight excluding hydrogens is 358 g/mol. The lowest BCUT2D eigenvalue weighted by atomic mass is 10.2. The molecule has 1 amide bonds. The van der Waals surface area contributed by atoms with Gasteiger partial charge in [0.2, 0.25) is 0 Å². The highest BCUT2D eigenvalue weighted by atomic mass is 32.1. The average Bonchev–Trinajstić information content (AvgIpc) is 3.45. The van der Waals surface area contributed by atoms with Gasteiger partial charge in [0.1, 0.15) is 5.76 Å². The number of carbonyl (C=O) groups excluding carboxylic acids is 1. The van der Waals surface area contributed by atoms with Crippen LogP contribution in [0.1, 0.15) is 40.3 Å². The maximum absolute atomic E-state index is 13.1. The summed E-state index contributed by atoms with van der Waals surface area (Å²) in [7, 11) is 0. The Morgan fingerprint density at radius 1 is 1.15 bits per heavy atom. The Bertz CT molecular complexity index is 855. The Kier molecular flexibility index (Phi) is 5.65. The van der Waals surface area contributed by atoms with Crippen molar-refractivity contribution in [1.82, 2.24) is 14.8 Å². The van der Waals surface area contributed by atoms with Crippen LogP contribution in [0.4, 0.5) is 0 Å². The molecule has 0 aliphatic carbocycles. The maximum Gasteiger partial charge on any atom is 0.290 e. The van der Waals surface area contributed by atoms with Crippen molar-refractivity contribution in [3.8, 4) is 0 Å². The molecule has 0 aromatic carbocycles. The van der Waals surface area contributed by atoms with Gasteiger partial charge in [0.25, 0.3) is 5.91 Å². The third kappa shape index (κ3) is 4.64. The van der Waals surface area contributed by atoms with E-state index in [9.17, 15) is 4.79 Å². The van der Waals surface area contributed by atoms with Gasteiger partial charge in [-0.1, -0.05) is 6.07 Å². The zero-order chi connectivity index (χ0) is 18.5. The molecule has 1 aliphatic rings. The van der Waals surface area contributed by atoms with E-state index in [0.717, 1.165) is 36.5 Å². The molecule has 0 unspecified atom stereocenters. The first-order chi connectivity index (χ1) is 13.3. The highest BCUT2D eigenvalue weighted by Gasteiger charge is 2.21. The molecule has 3 aromatic rings. The van der Waals surface area contributed by atoms with Crippen LogP contribution in [-0.2, 0) is 19.6 Å². The van der Waals surface area contributed by atoms with Crippen molar-refractivity contribution in [2.45, 2.75) is 32.5 Å². The number of furan rings is 1. The van der Waals surface area contributed by atoms with Gasteiger partial charge >= 0.3 is 0 Å².